The maximum absolute atomic E-state index is 14.6. The van der Waals surface area contributed by atoms with Gasteiger partial charge in [-0.1, -0.05) is 32.4 Å². The number of pyridine rings is 1. The van der Waals surface area contributed by atoms with Crippen molar-refractivity contribution in [2.75, 3.05) is 26.9 Å². The van der Waals surface area contributed by atoms with Gasteiger partial charge in [-0.05, 0) is 113 Å². The van der Waals surface area contributed by atoms with Crippen molar-refractivity contribution in [2.45, 2.75) is 133 Å². The number of halogens is 3. The first-order chi connectivity index (χ1) is 30.3. The average molecular weight is 923 g/mol. The summed E-state index contributed by atoms with van der Waals surface area (Å²) in [4.78, 5) is 59.2. The number of nitrogens with one attached hydrogen (secondary N) is 3. The summed E-state index contributed by atoms with van der Waals surface area (Å²) in [5, 5.41) is 1.53. The third kappa shape index (κ3) is 11.0. The summed E-state index contributed by atoms with van der Waals surface area (Å²) >= 11 is 0. The van der Waals surface area contributed by atoms with Gasteiger partial charge in [0.2, 0.25) is 39.5 Å². The molecule has 0 radical (unpaired) electrons. The van der Waals surface area contributed by atoms with E-state index in [0.29, 0.717) is 55.7 Å². The number of amides is 4. The number of nitrogens with zero attached hydrogens (tertiary/aromatic N) is 2. The molecule has 2 aromatic rings. The molecule has 354 valence electrons. The van der Waals surface area contributed by atoms with Gasteiger partial charge in [0.15, 0.2) is 5.60 Å². The summed E-state index contributed by atoms with van der Waals surface area (Å²) in [7, 11) is -2.54. The van der Waals surface area contributed by atoms with Crippen LogP contribution in [0, 0.1) is 23.7 Å². The number of likely N-dealkylation sites (tertiary alicyclic amines) is 1. The number of methoxy groups -OCH3 is 1. The number of aromatic nitrogens is 1. The first-order valence-electron chi connectivity index (χ1n) is 22.0. The Morgan fingerprint density at radius 1 is 1.12 bits per heavy atom. The van der Waals surface area contributed by atoms with Crippen molar-refractivity contribution in [1.82, 2.24) is 25.5 Å². The molecule has 4 aliphatic rings. The predicted molar refractivity (Wildman–Crippen MR) is 230 cm³/mol. The Hall–Kier alpha value is -4.85. The van der Waals surface area contributed by atoms with Gasteiger partial charge in [-0.3, -0.25) is 24.5 Å². The Morgan fingerprint density at radius 2 is 1.88 bits per heavy atom. The molecule has 7 atom stereocenters. The number of hydrazine groups is 1. The van der Waals surface area contributed by atoms with E-state index in [1.165, 1.54) is 4.90 Å². The van der Waals surface area contributed by atoms with Crippen LogP contribution in [0.3, 0.4) is 0 Å². The topological polar surface area (TPSA) is 218 Å². The Labute approximate surface area is 371 Å². The number of hydrogen-bond acceptors (Lipinski definition) is 12. The smallest absolute Gasteiger partial charge is 0.422 e. The van der Waals surface area contributed by atoms with E-state index in [4.69, 9.17) is 24.7 Å². The predicted octanol–water partition coefficient (Wildman–Crippen LogP) is 5.41. The number of fused-ring (bicyclic) bond motifs is 3. The Bertz CT molecular complexity index is 2190. The second-order valence-corrected chi connectivity index (χ2v) is 20.4. The van der Waals surface area contributed by atoms with Gasteiger partial charge in [0.05, 0.1) is 20.3 Å². The number of benzene rings is 1. The lowest BCUT2D eigenvalue weighted by molar-refractivity contribution is -0.140. The molecule has 1 aromatic heterocycles. The molecule has 4 amide bonds. The minimum absolute atomic E-state index is 0.00415. The number of aryl methyl sites for hydroxylation is 1. The summed E-state index contributed by atoms with van der Waals surface area (Å²) in [6.07, 6.45) is 4.52. The lowest BCUT2D eigenvalue weighted by atomic mass is 9.88. The highest BCUT2D eigenvalue weighted by molar-refractivity contribution is 7.91. The van der Waals surface area contributed by atoms with Crippen LogP contribution in [-0.2, 0) is 35.6 Å². The first kappa shape index (κ1) is 48.6. The van der Waals surface area contributed by atoms with Crippen molar-refractivity contribution in [2.24, 2.45) is 29.4 Å². The van der Waals surface area contributed by atoms with Crippen LogP contribution < -0.4 is 35.5 Å². The van der Waals surface area contributed by atoms with Crippen molar-refractivity contribution < 1.29 is 59.7 Å². The van der Waals surface area contributed by atoms with Crippen molar-refractivity contribution in [3.05, 3.63) is 35.9 Å². The van der Waals surface area contributed by atoms with E-state index in [-0.39, 0.29) is 43.5 Å². The molecule has 1 aromatic carbocycles. The molecule has 3 heterocycles. The van der Waals surface area contributed by atoms with Gasteiger partial charge in [-0.2, -0.15) is 4.98 Å². The minimum atomic E-state index is -4.11. The van der Waals surface area contributed by atoms with Crippen molar-refractivity contribution in [3.8, 4) is 17.5 Å². The number of ether oxygens (including phenoxy) is 4. The van der Waals surface area contributed by atoms with Crippen LogP contribution in [0.1, 0.15) is 97.5 Å². The highest BCUT2D eigenvalue weighted by Gasteiger charge is 2.56. The van der Waals surface area contributed by atoms with Crippen molar-refractivity contribution in [1.29, 1.82) is 0 Å². The van der Waals surface area contributed by atoms with E-state index in [9.17, 15) is 40.8 Å². The van der Waals surface area contributed by atoms with E-state index in [2.05, 4.69) is 20.6 Å². The number of sulfonamides is 1. The van der Waals surface area contributed by atoms with Gasteiger partial charge in [0.1, 0.15) is 35.4 Å². The molecule has 1 saturated heterocycles. The number of carbonyl (C=O) groups is 4. The monoisotopic (exact) mass is 922 g/mol. The van der Waals surface area contributed by atoms with Crippen molar-refractivity contribution in [3.63, 3.8) is 0 Å². The van der Waals surface area contributed by atoms with E-state index >= 15 is 0 Å². The molecule has 64 heavy (non-hydrogen) atoms. The number of alkyl halides is 3. The number of carbonyl (C=O) groups excluding carboxylic acids is 4. The second kappa shape index (κ2) is 20.1. The fourth-order valence-corrected chi connectivity index (χ4v) is 10.3. The Morgan fingerprint density at radius 3 is 2.55 bits per heavy atom. The summed E-state index contributed by atoms with van der Waals surface area (Å²) in [5.41, 5.74) is 9.62. The number of primary amides is 1. The number of rotatable bonds is 20. The maximum Gasteiger partial charge on any atom is 0.422 e. The lowest BCUT2D eigenvalue weighted by Crippen LogP contribution is -2.58. The largest absolute Gasteiger partial charge is 0.497 e. The quantitative estimate of drug-likeness (QED) is 0.0969. The molecule has 6 rings (SSSR count). The fourth-order valence-electron chi connectivity index (χ4n) is 8.93. The van der Waals surface area contributed by atoms with Gasteiger partial charge < -0.3 is 29.6 Å². The number of nitrogens with two attached hydrogens (primary N) is 1. The molecule has 20 heteroatoms. The fraction of sp³-hybridized carbons (Fsp3) is 0.659. The van der Waals surface area contributed by atoms with Gasteiger partial charge in [-0.25, -0.2) is 31.8 Å². The van der Waals surface area contributed by atoms with E-state index in [1.54, 1.807) is 20.1 Å². The maximum atomic E-state index is 14.6. The molecule has 2 aliphatic heterocycles. The van der Waals surface area contributed by atoms with Gasteiger partial charge in [-0.15, -0.1) is 0 Å². The molecule has 0 bridgehead atoms. The minimum Gasteiger partial charge on any atom is -0.497 e. The molecule has 1 unspecified atom stereocenters. The summed E-state index contributed by atoms with van der Waals surface area (Å²) in [5.74, 6) is -1.91. The van der Waals surface area contributed by atoms with E-state index < -0.39 is 87.3 Å². The molecule has 2 aliphatic carbocycles. The molecule has 2 saturated carbocycles. The molecule has 5 N–H and O–H groups in total. The average Bonchev–Trinajstić information content (AvgIpc) is 3.73. The highest BCUT2D eigenvalue weighted by atomic mass is 32.2. The van der Waals surface area contributed by atoms with Crippen LogP contribution in [0.4, 0.5) is 18.0 Å². The van der Waals surface area contributed by atoms with Crippen LogP contribution in [-0.4, -0.2) is 104 Å². The Kier molecular flexibility index (Phi) is 15.3. The summed E-state index contributed by atoms with van der Waals surface area (Å²) in [6.45, 7) is 5.24. The van der Waals surface area contributed by atoms with Crippen LogP contribution in [0.2, 0.25) is 0 Å². The second-order valence-electron chi connectivity index (χ2n) is 18.3. The highest BCUT2D eigenvalue weighted by Crippen LogP contribution is 2.44. The van der Waals surface area contributed by atoms with Crippen molar-refractivity contribution >= 4 is 44.6 Å². The summed E-state index contributed by atoms with van der Waals surface area (Å²) < 4.78 is 89.3. The normalized spacial score (nSPS) is 23.2. The molecular weight excluding hydrogens is 862 g/mol. The first-order valence-corrected chi connectivity index (χ1v) is 23.5. The third-order valence-corrected chi connectivity index (χ3v) is 15.1. The zero-order valence-corrected chi connectivity index (χ0v) is 37.8. The molecule has 16 nitrogen and oxygen atoms in total. The van der Waals surface area contributed by atoms with Crippen LogP contribution in [0.5, 0.6) is 17.5 Å². The number of allylic oxidation sites excluding steroid dienone is 2. The van der Waals surface area contributed by atoms with Crippen LogP contribution in [0.25, 0.3) is 10.8 Å². The van der Waals surface area contributed by atoms with E-state index in [0.717, 1.165) is 44.1 Å². The van der Waals surface area contributed by atoms with Gasteiger partial charge >= 0.3 is 6.09 Å². The van der Waals surface area contributed by atoms with Gasteiger partial charge in [0, 0.05) is 23.3 Å². The zero-order chi connectivity index (χ0) is 46.6. The molecule has 3 fully saturated rings. The third-order valence-electron chi connectivity index (χ3n) is 13.0. The lowest BCUT2D eigenvalue weighted by Gasteiger charge is -2.32. The van der Waals surface area contributed by atoms with Crippen LogP contribution >= 0.6 is 0 Å². The zero-order valence-electron chi connectivity index (χ0n) is 37.0. The Balaban J connectivity index is 1.13. The van der Waals surface area contributed by atoms with Gasteiger partial charge in [0.25, 0.3) is 6.43 Å². The van der Waals surface area contributed by atoms with E-state index in [1.807, 2.05) is 31.2 Å². The summed E-state index contributed by atoms with van der Waals surface area (Å²) in [6, 6.07) is 3.22. The SMILES string of the molecule is COc1ccc2c(O[C@@H]3C[C@@H](C(N)=O)N(C(=O)[C@@H](NNC(=O)OC(C)(C)C(F)F)[C@H](C)C[C@H](C)CC/C=C\[C@@H]4CCCC4C(=O)NS(=O)(=O)C4(CF)CC4)C3)nc3c(c2c1)CCCO3. The standard InChI is InChI=1S/C44H61F3N6O10S/c1-25(10-6-7-11-27-12-8-13-30(27)37(55)52-64(58,59)44(24-45)17-18-44)20-26(2)35(50-51-42(57)63-43(3,4)41(46)47)40(56)53-23-29(22-34(53)36(48)54)62-39-32-16-15-28(60-5)21-33(32)31-14-9-19-61-38(31)49-39/h7,11,15-16,21,25-27,29-30,34-35,41,50H,6,8-10,12-14,17-20,22-24H2,1-5H3,(H2,48,54)(H,51,57)(H,52,55)/b11-7-/t25-,26-,27-,29-,30?,34+,35+/m1/s1. The molecule has 0 spiro atoms. The number of hydrogen-bond donors (Lipinski definition) is 4. The molecular formula is C44H61F3N6O10S. The van der Waals surface area contributed by atoms with Crippen LogP contribution in [0.15, 0.2) is 30.4 Å².